The molecule has 0 radical (unpaired) electrons. The van der Waals surface area contributed by atoms with Crippen LogP contribution in [0.3, 0.4) is 0 Å². The van der Waals surface area contributed by atoms with Crippen molar-refractivity contribution in [1.29, 1.82) is 0 Å². The minimum Gasteiger partial charge on any atom is -0.497 e. The van der Waals surface area contributed by atoms with Gasteiger partial charge in [-0.05, 0) is 24.1 Å². The van der Waals surface area contributed by atoms with Crippen molar-refractivity contribution in [2.24, 2.45) is 17.6 Å². The van der Waals surface area contributed by atoms with Crippen molar-refractivity contribution in [1.82, 2.24) is 4.90 Å². The van der Waals surface area contributed by atoms with Crippen LogP contribution in [-0.4, -0.2) is 36.7 Å². The van der Waals surface area contributed by atoms with Crippen molar-refractivity contribution >= 4 is 12.0 Å². The summed E-state index contributed by atoms with van der Waals surface area (Å²) in [5.74, 6) is 0.434. The van der Waals surface area contributed by atoms with Gasteiger partial charge in [-0.25, -0.2) is 4.79 Å². The monoisotopic (exact) mass is 290 g/mol. The number of carbonyl (C=O) groups excluding carboxylic acids is 2. The highest BCUT2D eigenvalue weighted by Crippen LogP contribution is 2.44. The van der Waals surface area contributed by atoms with E-state index in [0.717, 1.165) is 17.7 Å². The number of primary amides is 1. The van der Waals surface area contributed by atoms with Crippen molar-refractivity contribution in [3.05, 3.63) is 29.8 Å². The number of nitrogens with two attached hydrogens (primary N) is 1. The zero-order valence-corrected chi connectivity index (χ0v) is 11.8. The molecule has 0 aromatic heterocycles. The second-order valence-corrected chi connectivity index (χ2v) is 5.56. The number of rotatable bonds is 5. The number of cyclic esters (lactones) is 1. The van der Waals surface area contributed by atoms with Crippen LogP contribution in [0.15, 0.2) is 24.3 Å². The van der Waals surface area contributed by atoms with Crippen LogP contribution in [0.1, 0.15) is 12.0 Å². The van der Waals surface area contributed by atoms with Gasteiger partial charge in [0.15, 0.2) is 0 Å². The Hall–Kier alpha value is -2.24. The third-order valence-corrected chi connectivity index (χ3v) is 4.13. The maximum atomic E-state index is 11.9. The molecule has 1 aliphatic carbocycles. The summed E-state index contributed by atoms with van der Waals surface area (Å²) < 4.78 is 10.5. The molecule has 0 bridgehead atoms. The Kier molecular flexibility index (Phi) is 3.45. The highest BCUT2D eigenvalue weighted by Gasteiger charge is 2.51. The zero-order chi connectivity index (χ0) is 15.0. The van der Waals surface area contributed by atoms with E-state index in [4.69, 9.17) is 15.2 Å². The minimum atomic E-state index is -0.328. The summed E-state index contributed by atoms with van der Waals surface area (Å²) in [4.78, 5) is 24.6. The number of methoxy groups -OCH3 is 1. The van der Waals surface area contributed by atoms with E-state index >= 15 is 0 Å². The van der Waals surface area contributed by atoms with E-state index in [1.54, 1.807) is 12.0 Å². The van der Waals surface area contributed by atoms with Gasteiger partial charge in [-0.1, -0.05) is 12.1 Å². The van der Waals surface area contributed by atoms with Gasteiger partial charge in [-0.2, -0.15) is 0 Å². The van der Waals surface area contributed by atoms with E-state index < -0.39 is 0 Å². The first kappa shape index (κ1) is 13.7. The van der Waals surface area contributed by atoms with Crippen LogP contribution in [0.2, 0.25) is 0 Å². The van der Waals surface area contributed by atoms with E-state index in [0.29, 0.717) is 13.1 Å². The largest absolute Gasteiger partial charge is 0.497 e. The molecule has 1 aromatic rings. The van der Waals surface area contributed by atoms with Crippen molar-refractivity contribution < 1.29 is 19.1 Å². The smallest absolute Gasteiger partial charge is 0.410 e. The van der Waals surface area contributed by atoms with Crippen molar-refractivity contribution in [2.45, 2.75) is 19.1 Å². The molecular weight excluding hydrogens is 272 g/mol. The average molecular weight is 290 g/mol. The topological polar surface area (TPSA) is 81.9 Å². The molecule has 112 valence electrons. The zero-order valence-electron chi connectivity index (χ0n) is 11.8. The number of ether oxygens (including phenoxy) is 2. The van der Waals surface area contributed by atoms with Gasteiger partial charge in [0.05, 0.1) is 13.7 Å². The van der Waals surface area contributed by atoms with Crippen molar-refractivity contribution in [2.75, 3.05) is 13.7 Å². The molecule has 21 heavy (non-hydrogen) atoms. The van der Waals surface area contributed by atoms with Crippen LogP contribution in [-0.2, 0) is 16.1 Å². The summed E-state index contributed by atoms with van der Waals surface area (Å²) >= 11 is 0. The van der Waals surface area contributed by atoms with Crippen LogP contribution in [0.25, 0.3) is 0 Å². The highest BCUT2D eigenvalue weighted by molar-refractivity contribution is 5.80. The lowest BCUT2D eigenvalue weighted by molar-refractivity contribution is -0.119. The van der Waals surface area contributed by atoms with Crippen LogP contribution in [0.4, 0.5) is 4.79 Å². The Morgan fingerprint density at radius 3 is 2.71 bits per heavy atom. The number of hydrogen-bond donors (Lipinski definition) is 1. The standard InChI is InChI=1S/C15H18N2O4/c1-20-10-4-2-9(3-5-10)7-17-8-13(21-15(17)19)11-6-12(11)14(16)18/h2-5,11-13H,6-8H2,1H3,(H2,16,18). The summed E-state index contributed by atoms with van der Waals surface area (Å²) in [5.41, 5.74) is 6.28. The highest BCUT2D eigenvalue weighted by atomic mass is 16.6. The molecular formula is C15H18N2O4. The fourth-order valence-electron chi connectivity index (χ4n) is 2.79. The molecule has 1 saturated heterocycles. The molecule has 2 amide bonds. The lowest BCUT2D eigenvalue weighted by atomic mass is 10.1. The molecule has 1 aromatic carbocycles. The molecule has 3 rings (SSSR count). The summed E-state index contributed by atoms with van der Waals surface area (Å²) in [6, 6.07) is 7.56. The molecule has 1 saturated carbocycles. The fraction of sp³-hybridized carbons (Fsp3) is 0.467. The Morgan fingerprint density at radius 2 is 2.14 bits per heavy atom. The van der Waals surface area contributed by atoms with E-state index in [-0.39, 0.29) is 29.9 Å². The van der Waals surface area contributed by atoms with Gasteiger partial charge in [0.2, 0.25) is 5.91 Å². The second-order valence-electron chi connectivity index (χ2n) is 5.56. The van der Waals surface area contributed by atoms with Crippen LogP contribution >= 0.6 is 0 Å². The fourth-order valence-corrected chi connectivity index (χ4v) is 2.79. The maximum Gasteiger partial charge on any atom is 0.410 e. The minimum absolute atomic E-state index is 0.0901. The SMILES string of the molecule is COc1ccc(CN2CC(C3CC3C(N)=O)OC2=O)cc1. The molecule has 6 heteroatoms. The lowest BCUT2D eigenvalue weighted by Gasteiger charge is -2.13. The summed E-state index contributed by atoms with van der Waals surface area (Å²) in [6.07, 6.45) is 0.183. The van der Waals surface area contributed by atoms with Crippen LogP contribution in [0, 0.1) is 11.8 Å². The predicted molar refractivity (Wildman–Crippen MR) is 74.5 cm³/mol. The van der Waals surface area contributed by atoms with Gasteiger partial charge in [-0.15, -0.1) is 0 Å². The molecule has 1 heterocycles. The first-order chi connectivity index (χ1) is 10.1. The number of benzene rings is 1. The molecule has 0 spiro atoms. The number of hydrogen-bond acceptors (Lipinski definition) is 4. The second kappa shape index (κ2) is 5.27. The Labute approximate surface area is 122 Å². The van der Waals surface area contributed by atoms with Crippen molar-refractivity contribution in [3.63, 3.8) is 0 Å². The van der Waals surface area contributed by atoms with Crippen molar-refractivity contribution in [3.8, 4) is 5.75 Å². The van der Waals surface area contributed by atoms with E-state index in [2.05, 4.69) is 0 Å². The molecule has 3 atom stereocenters. The van der Waals surface area contributed by atoms with Gasteiger partial charge < -0.3 is 20.1 Å². The molecule has 6 nitrogen and oxygen atoms in total. The third-order valence-electron chi connectivity index (χ3n) is 4.13. The normalized spacial score (nSPS) is 27.4. The number of carbonyl (C=O) groups is 2. The van der Waals surface area contributed by atoms with Gasteiger partial charge >= 0.3 is 6.09 Å². The van der Waals surface area contributed by atoms with Crippen LogP contribution in [0.5, 0.6) is 5.75 Å². The summed E-state index contributed by atoms with van der Waals surface area (Å²) in [6.45, 7) is 1.01. The number of nitrogens with zero attached hydrogens (tertiary/aromatic N) is 1. The first-order valence-corrected chi connectivity index (χ1v) is 6.96. The Bertz CT molecular complexity index is 557. The Morgan fingerprint density at radius 1 is 1.43 bits per heavy atom. The molecule has 2 aliphatic rings. The summed E-state index contributed by atoms with van der Waals surface area (Å²) in [5, 5.41) is 0. The maximum absolute atomic E-state index is 11.9. The molecule has 3 unspecified atom stereocenters. The lowest BCUT2D eigenvalue weighted by Crippen LogP contribution is -2.26. The molecule has 2 fully saturated rings. The van der Waals surface area contributed by atoms with Gasteiger partial charge in [0, 0.05) is 18.4 Å². The van der Waals surface area contributed by atoms with Crippen LogP contribution < -0.4 is 10.5 Å². The van der Waals surface area contributed by atoms with Gasteiger partial charge in [0.1, 0.15) is 11.9 Å². The molecule has 2 N–H and O–H groups in total. The van der Waals surface area contributed by atoms with E-state index in [9.17, 15) is 9.59 Å². The Balaban J connectivity index is 1.59. The van der Waals surface area contributed by atoms with Gasteiger partial charge in [-0.3, -0.25) is 4.79 Å². The third kappa shape index (κ3) is 2.79. The first-order valence-electron chi connectivity index (χ1n) is 6.96. The number of amides is 2. The quantitative estimate of drug-likeness (QED) is 0.881. The van der Waals surface area contributed by atoms with Gasteiger partial charge in [0.25, 0.3) is 0 Å². The van der Waals surface area contributed by atoms with E-state index in [1.807, 2.05) is 24.3 Å². The predicted octanol–water partition coefficient (Wildman–Crippen LogP) is 1.14. The average Bonchev–Trinajstić information content (AvgIpc) is 3.20. The molecule has 1 aliphatic heterocycles. The summed E-state index contributed by atoms with van der Waals surface area (Å²) in [7, 11) is 1.61. The van der Waals surface area contributed by atoms with E-state index in [1.165, 1.54) is 0 Å².